The molecule has 1 heterocycles. The van der Waals surface area contributed by atoms with E-state index in [4.69, 9.17) is 0 Å². The monoisotopic (exact) mass is 168 g/mol. The van der Waals surface area contributed by atoms with Gasteiger partial charge in [0.25, 0.3) is 0 Å². The lowest BCUT2D eigenvalue weighted by Gasteiger charge is -2.21. The van der Waals surface area contributed by atoms with Crippen molar-refractivity contribution in [3.05, 3.63) is 18.2 Å². The second kappa shape index (κ2) is 3.27. The third-order valence-electron chi connectivity index (χ3n) is 2.04. The Balaban J connectivity index is 2.88. The molecule has 3 nitrogen and oxygen atoms in total. The first kappa shape index (κ1) is 9.26. The molecule has 1 rings (SSSR count). The Bertz CT molecular complexity index is 253. The molecule has 1 unspecified atom stereocenters. The molecule has 0 fully saturated rings. The van der Waals surface area contributed by atoms with E-state index < -0.39 is 5.60 Å². The van der Waals surface area contributed by atoms with E-state index in [1.54, 1.807) is 13.1 Å². The van der Waals surface area contributed by atoms with Gasteiger partial charge >= 0.3 is 0 Å². The van der Waals surface area contributed by atoms with E-state index in [1.165, 1.54) is 0 Å². The first-order chi connectivity index (χ1) is 5.58. The molecule has 0 saturated heterocycles. The minimum atomic E-state index is -0.785. The van der Waals surface area contributed by atoms with Crippen LogP contribution < -0.4 is 0 Å². The maximum atomic E-state index is 9.97. The molecule has 1 atom stereocenters. The number of aromatic nitrogens is 2. The summed E-state index contributed by atoms with van der Waals surface area (Å²) < 4.78 is 1.86. The second-order valence-electron chi connectivity index (χ2n) is 3.39. The van der Waals surface area contributed by atoms with E-state index in [9.17, 15) is 5.11 Å². The molecule has 1 N–H and O–H groups in total. The zero-order chi connectivity index (χ0) is 9.19. The fraction of sp³-hybridized carbons (Fsp3) is 0.667. The van der Waals surface area contributed by atoms with Gasteiger partial charge in [0.2, 0.25) is 0 Å². The van der Waals surface area contributed by atoms with Crippen molar-refractivity contribution in [2.45, 2.75) is 32.3 Å². The van der Waals surface area contributed by atoms with Crippen LogP contribution in [0.3, 0.4) is 0 Å². The van der Waals surface area contributed by atoms with Gasteiger partial charge in [0.15, 0.2) is 0 Å². The van der Waals surface area contributed by atoms with Gasteiger partial charge < -0.3 is 9.67 Å². The number of nitrogens with zero attached hydrogens (tertiary/aromatic N) is 2. The highest BCUT2D eigenvalue weighted by atomic mass is 16.3. The Hall–Kier alpha value is -0.830. The van der Waals surface area contributed by atoms with E-state index in [0.29, 0.717) is 0 Å². The van der Waals surface area contributed by atoms with Crippen molar-refractivity contribution < 1.29 is 5.11 Å². The van der Waals surface area contributed by atoms with Crippen LogP contribution in [0, 0.1) is 0 Å². The highest BCUT2D eigenvalue weighted by molar-refractivity contribution is 5.02. The van der Waals surface area contributed by atoms with Crippen LogP contribution in [0.15, 0.2) is 12.4 Å². The molecule has 0 aliphatic rings. The fourth-order valence-corrected chi connectivity index (χ4v) is 1.48. The van der Waals surface area contributed by atoms with Gasteiger partial charge in [-0.05, 0) is 13.3 Å². The SMILES string of the molecule is CCCC(C)(O)c1nccn1C. The molecule has 0 spiro atoms. The third kappa shape index (κ3) is 1.67. The lowest BCUT2D eigenvalue weighted by Crippen LogP contribution is -2.24. The highest BCUT2D eigenvalue weighted by Crippen LogP contribution is 2.23. The average molecular weight is 168 g/mol. The molecule has 1 aromatic heterocycles. The van der Waals surface area contributed by atoms with Gasteiger partial charge in [-0.2, -0.15) is 0 Å². The highest BCUT2D eigenvalue weighted by Gasteiger charge is 2.25. The predicted octanol–water partition coefficient (Wildman–Crippen LogP) is 1.43. The Labute approximate surface area is 73.1 Å². The standard InChI is InChI=1S/C9H16N2O/c1-4-5-9(2,12)8-10-6-7-11(8)3/h6-7,12H,4-5H2,1-3H3. The van der Waals surface area contributed by atoms with Crippen molar-refractivity contribution in [1.82, 2.24) is 9.55 Å². The molecule has 0 saturated carbocycles. The molecule has 0 amide bonds. The van der Waals surface area contributed by atoms with E-state index in [2.05, 4.69) is 11.9 Å². The summed E-state index contributed by atoms with van der Waals surface area (Å²) in [6.45, 7) is 3.86. The van der Waals surface area contributed by atoms with Gasteiger partial charge in [0.05, 0.1) is 0 Å². The summed E-state index contributed by atoms with van der Waals surface area (Å²) in [6.07, 6.45) is 5.26. The van der Waals surface area contributed by atoms with Gasteiger partial charge in [-0.15, -0.1) is 0 Å². The second-order valence-corrected chi connectivity index (χ2v) is 3.39. The lowest BCUT2D eigenvalue weighted by molar-refractivity contribution is 0.0350. The summed E-state index contributed by atoms with van der Waals surface area (Å²) in [4.78, 5) is 4.12. The average Bonchev–Trinajstić information content (AvgIpc) is 2.35. The van der Waals surface area contributed by atoms with E-state index in [0.717, 1.165) is 18.7 Å². The number of aliphatic hydroxyl groups is 1. The Morgan fingerprint density at radius 3 is 2.75 bits per heavy atom. The lowest BCUT2D eigenvalue weighted by atomic mass is 10.00. The number of imidazole rings is 1. The number of rotatable bonds is 3. The van der Waals surface area contributed by atoms with Crippen molar-refractivity contribution in [2.75, 3.05) is 0 Å². The van der Waals surface area contributed by atoms with Gasteiger partial charge in [-0.3, -0.25) is 0 Å². The van der Waals surface area contributed by atoms with Crippen LogP contribution in [-0.4, -0.2) is 14.7 Å². The van der Waals surface area contributed by atoms with Crippen molar-refractivity contribution in [3.8, 4) is 0 Å². The van der Waals surface area contributed by atoms with Gasteiger partial charge in [-0.1, -0.05) is 13.3 Å². The first-order valence-corrected chi connectivity index (χ1v) is 4.28. The first-order valence-electron chi connectivity index (χ1n) is 4.28. The molecule has 3 heteroatoms. The largest absolute Gasteiger partial charge is 0.382 e. The Morgan fingerprint density at radius 2 is 2.33 bits per heavy atom. The van der Waals surface area contributed by atoms with Crippen LogP contribution in [0.5, 0.6) is 0 Å². The molecule has 1 aromatic rings. The molecule has 0 aromatic carbocycles. The Morgan fingerprint density at radius 1 is 1.67 bits per heavy atom. The quantitative estimate of drug-likeness (QED) is 0.741. The fourth-order valence-electron chi connectivity index (χ4n) is 1.48. The smallest absolute Gasteiger partial charge is 0.140 e. The van der Waals surface area contributed by atoms with Crippen LogP contribution in [0.25, 0.3) is 0 Å². The van der Waals surface area contributed by atoms with E-state index >= 15 is 0 Å². The summed E-state index contributed by atoms with van der Waals surface area (Å²) in [5, 5.41) is 9.97. The molecular weight excluding hydrogens is 152 g/mol. The van der Waals surface area contributed by atoms with Crippen LogP contribution >= 0.6 is 0 Å². The van der Waals surface area contributed by atoms with Crippen LogP contribution in [0.4, 0.5) is 0 Å². The summed E-state index contributed by atoms with van der Waals surface area (Å²) in [7, 11) is 1.90. The van der Waals surface area contributed by atoms with Crippen molar-refractivity contribution >= 4 is 0 Å². The molecule has 0 bridgehead atoms. The summed E-state index contributed by atoms with van der Waals surface area (Å²) >= 11 is 0. The van der Waals surface area contributed by atoms with Crippen LogP contribution in [-0.2, 0) is 12.6 Å². The molecule has 0 radical (unpaired) electrons. The number of hydrogen-bond donors (Lipinski definition) is 1. The minimum absolute atomic E-state index is 0.740. The molecule has 12 heavy (non-hydrogen) atoms. The summed E-state index contributed by atoms with van der Waals surface area (Å²) in [6, 6.07) is 0. The third-order valence-corrected chi connectivity index (χ3v) is 2.04. The zero-order valence-corrected chi connectivity index (χ0v) is 7.91. The molecule has 0 aliphatic carbocycles. The molecule has 0 aliphatic heterocycles. The predicted molar refractivity (Wildman–Crippen MR) is 47.7 cm³/mol. The number of aryl methyl sites for hydroxylation is 1. The molecular formula is C9H16N2O. The van der Waals surface area contributed by atoms with Crippen LogP contribution in [0.1, 0.15) is 32.5 Å². The van der Waals surface area contributed by atoms with Gasteiger partial charge in [-0.25, -0.2) is 4.98 Å². The Kier molecular flexibility index (Phi) is 2.52. The maximum absolute atomic E-state index is 9.97. The topological polar surface area (TPSA) is 38.1 Å². The van der Waals surface area contributed by atoms with Crippen molar-refractivity contribution in [1.29, 1.82) is 0 Å². The van der Waals surface area contributed by atoms with Crippen molar-refractivity contribution in [2.24, 2.45) is 7.05 Å². The van der Waals surface area contributed by atoms with Gasteiger partial charge in [0, 0.05) is 19.4 Å². The normalized spacial score (nSPS) is 16.0. The summed E-state index contributed by atoms with van der Waals surface area (Å²) in [5.41, 5.74) is -0.785. The zero-order valence-electron chi connectivity index (χ0n) is 7.91. The van der Waals surface area contributed by atoms with E-state index in [-0.39, 0.29) is 0 Å². The molecule has 68 valence electrons. The summed E-state index contributed by atoms with van der Waals surface area (Å²) in [5.74, 6) is 0.740. The minimum Gasteiger partial charge on any atom is -0.382 e. The van der Waals surface area contributed by atoms with E-state index in [1.807, 2.05) is 17.8 Å². The van der Waals surface area contributed by atoms with Gasteiger partial charge in [0.1, 0.15) is 11.4 Å². The van der Waals surface area contributed by atoms with Crippen LogP contribution in [0.2, 0.25) is 0 Å². The number of hydrogen-bond acceptors (Lipinski definition) is 2. The van der Waals surface area contributed by atoms with Crippen molar-refractivity contribution in [3.63, 3.8) is 0 Å². The maximum Gasteiger partial charge on any atom is 0.140 e.